The molecule has 104 valence electrons. The average molecular weight is 278 g/mol. The van der Waals surface area contributed by atoms with E-state index in [0.29, 0.717) is 13.2 Å². The van der Waals surface area contributed by atoms with Crippen LogP contribution in [0.4, 0.5) is 5.69 Å². The summed E-state index contributed by atoms with van der Waals surface area (Å²) in [6.07, 6.45) is 1.72. The summed E-state index contributed by atoms with van der Waals surface area (Å²) in [7, 11) is 0. The topological polar surface area (TPSA) is 57.4 Å². The largest absolute Gasteiger partial charge is 0.486 e. The summed E-state index contributed by atoms with van der Waals surface area (Å²) < 4.78 is 11.2. The molecule has 0 atom stereocenters. The lowest BCUT2D eigenvalue weighted by atomic mass is 10.0. The van der Waals surface area contributed by atoms with Gasteiger partial charge in [0.25, 0.3) is 0 Å². The van der Waals surface area contributed by atoms with Crippen molar-refractivity contribution in [1.29, 1.82) is 0 Å². The lowest BCUT2D eigenvalue weighted by Gasteiger charge is -2.19. The molecular formula is C17H14N2O2. The summed E-state index contributed by atoms with van der Waals surface area (Å²) in [5.41, 5.74) is 9.82. The van der Waals surface area contributed by atoms with E-state index < -0.39 is 0 Å². The van der Waals surface area contributed by atoms with Crippen molar-refractivity contribution in [3.8, 4) is 22.6 Å². The molecule has 2 heterocycles. The molecule has 3 aromatic rings. The van der Waals surface area contributed by atoms with E-state index in [1.54, 1.807) is 6.20 Å². The van der Waals surface area contributed by atoms with Gasteiger partial charge in [-0.25, -0.2) is 0 Å². The Morgan fingerprint density at radius 1 is 0.857 bits per heavy atom. The Bertz CT molecular complexity index is 830. The van der Waals surface area contributed by atoms with Crippen LogP contribution in [0.3, 0.4) is 0 Å². The number of hydrogen-bond donors (Lipinski definition) is 1. The van der Waals surface area contributed by atoms with Crippen LogP contribution in [-0.4, -0.2) is 18.2 Å². The van der Waals surface area contributed by atoms with Gasteiger partial charge < -0.3 is 15.2 Å². The molecule has 2 aromatic carbocycles. The third-order valence-electron chi connectivity index (χ3n) is 3.65. The van der Waals surface area contributed by atoms with Crippen molar-refractivity contribution in [2.75, 3.05) is 18.9 Å². The Morgan fingerprint density at radius 2 is 1.62 bits per heavy atom. The third kappa shape index (κ3) is 2.05. The molecule has 0 aliphatic carbocycles. The lowest BCUT2D eigenvalue weighted by molar-refractivity contribution is 0.171. The zero-order chi connectivity index (χ0) is 14.2. The molecule has 1 aromatic heterocycles. The van der Waals surface area contributed by atoms with Crippen LogP contribution in [0.15, 0.2) is 48.7 Å². The summed E-state index contributed by atoms with van der Waals surface area (Å²) in [6, 6.07) is 13.9. The van der Waals surface area contributed by atoms with Crippen LogP contribution in [0, 0.1) is 0 Å². The summed E-state index contributed by atoms with van der Waals surface area (Å²) in [5.74, 6) is 1.59. The number of fused-ring (bicyclic) bond motifs is 2. The van der Waals surface area contributed by atoms with Gasteiger partial charge in [-0.3, -0.25) is 4.98 Å². The van der Waals surface area contributed by atoms with Crippen molar-refractivity contribution in [2.24, 2.45) is 0 Å². The highest BCUT2D eigenvalue weighted by atomic mass is 16.6. The molecule has 0 bridgehead atoms. The highest BCUT2D eigenvalue weighted by Gasteiger charge is 2.12. The second-order valence-corrected chi connectivity index (χ2v) is 4.99. The zero-order valence-corrected chi connectivity index (χ0v) is 11.4. The number of benzene rings is 2. The van der Waals surface area contributed by atoms with Gasteiger partial charge in [0.05, 0.1) is 5.52 Å². The van der Waals surface area contributed by atoms with Gasteiger partial charge in [0.1, 0.15) is 13.2 Å². The van der Waals surface area contributed by atoms with Crippen molar-refractivity contribution in [1.82, 2.24) is 4.98 Å². The van der Waals surface area contributed by atoms with E-state index in [2.05, 4.69) is 11.1 Å². The number of nitrogens with zero attached hydrogens (tertiary/aromatic N) is 1. The van der Waals surface area contributed by atoms with Crippen molar-refractivity contribution in [2.45, 2.75) is 0 Å². The molecule has 0 fully saturated rings. The quantitative estimate of drug-likeness (QED) is 0.742. The summed E-state index contributed by atoms with van der Waals surface area (Å²) in [6.45, 7) is 1.19. The van der Waals surface area contributed by atoms with Gasteiger partial charge in [0, 0.05) is 17.3 Å². The van der Waals surface area contributed by atoms with Crippen LogP contribution in [-0.2, 0) is 0 Å². The summed E-state index contributed by atoms with van der Waals surface area (Å²) in [5, 5.41) is 0.963. The maximum Gasteiger partial charge on any atom is 0.161 e. The van der Waals surface area contributed by atoms with Crippen LogP contribution < -0.4 is 15.2 Å². The fourth-order valence-electron chi connectivity index (χ4n) is 2.57. The van der Waals surface area contributed by atoms with Crippen molar-refractivity contribution >= 4 is 16.6 Å². The number of anilines is 1. The minimum Gasteiger partial charge on any atom is -0.486 e. The fourth-order valence-corrected chi connectivity index (χ4v) is 2.57. The molecule has 0 saturated heterocycles. The number of nitrogens with two attached hydrogens (primary N) is 1. The average Bonchev–Trinajstić information content (AvgIpc) is 2.54. The lowest BCUT2D eigenvalue weighted by Crippen LogP contribution is -2.15. The first-order chi connectivity index (χ1) is 10.3. The van der Waals surface area contributed by atoms with Gasteiger partial charge in [-0.05, 0) is 41.5 Å². The zero-order valence-electron chi connectivity index (χ0n) is 11.4. The molecule has 4 nitrogen and oxygen atoms in total. The van der Waals surface area contributed by atoms with E-state index in [-0.39, 0.29) is 0 Å². The molecule has 0 unspecified atom stereocenters. The fraction of sp³-hybridized carbons (Fsp3) is 0.118. The van der Waals surface area contributed by atoms with Gasteiger partial charge in [-0.1, -0.05) is 12.1 Å². The van der Waals surface area contributed by atoms with Gasteiger partial charge in [-0.15, -0.1) is 0 Å². The van der Waals surface area contributed by atoms with Gasteiger partial charge in [-0.2, -0.15) is 0 Å². The Labute approximate surface area is 122 Å². The van der Waals surface area contributed by atoms with E-state index in [0.717, 1.165) is 39.2 Å². The Kier molecular flexibility index (Phi) is 2.67. The van der Waals surface area contributed by atoms with Crippen molar-refractivity contribution in [3.05, 3.63) is 48.7 Å². The predicted octanol–water partition coefficient (Wildman–Crippen LogP) is 3.26. The smallest absolute Gasteiger partial charge is 0.161 e. The maximum atomic E-state index is 6.03. The first kappa shape index (κ1) is 12.0. The van der Waals surface area contributed by atoms with Crippen LogP contribution in [0.25, 0.3) is 22.0 Å². The van der Waals surface area contributed by atoms with Crippen molar-refractivity contribution in [3.63, 3.8) is 0 Å². The normalized spacial score (nSPS) is 13.3. The minimum atomic E-state index is 0.588. The first-order valence-corrected chi connectivity index (χ1v) is 6.85. The summed E-state index contributed by atoms with van der Waals surface area (Å²) in [4.78, 5) is 4.32. The highest BCUT2D eigenvalue weighted by Crippen LogP contribution is 2.35. The second kappa shape index (κ2) is 4.66. The van der Waals surface area contributed by atoms with E-state index in [1.807, 2.05) is 36.4 Å². The maximum absolute atomic E-state index is 6.03. The van der Waals surface area contributed by atoms with Crippen LogP contribution >= 0.6 is 0 Å². The standard InChI is InChI=1S/C17H14N2O2/c18-14-5-6-19-15-3-1-11(9-13(14)15)12-2-4-16-17(10-12)21-8-7-20-16/h1-6,9-10H,7-8H2,(H2,18,19). The van der Waals surface area contributed by atoms with Gasteiger partial charge in [0.2, 0.25) is 0 Å². The number of nitrogen functional groups attached to an aromatic ring is 1. The minimum absolute atomic E-state index is 0.588. The molecule has 0 radical (unpaired) electrons. The Balaban J connectivity index is 1.84. The molecule has 2 N–H and O–H groups in total. The molecule has 4 heteroatoms. The third-order valence-corrected chi connectivity index (χ3v) is 3.65. The molecule has 21 heavy (non-hydrogen) atoms. The summed E-state index contributed by atoms with van der Waals surface area (Å²) >= 11 is 0. The van der Waals surface area contributed by atoms with Crippen LogP contribution in [0.1, 0.15) is 0 Å². The van der Waals surface area contributed by atoms with Crippen LogP contribution in [0.5, 0.6) is 11.5 Å². The van der Waals surface area contributed by atoms with E-state index in [9.17, 15) is 0 Å². The number of hydrogen-bond acceptors (Lipinski definition) is 4. The van der Waals surface area contributed by atoms with E-state index >= 15 is 0 Å². The van der Waals surface area contributed by atoms with Gasteiger partial charge >= 0.3 is 0 Å². The molecule has 1 aliphatic rings. The molecule has 0 amide bonds. The molecule has 0 saturated carbocycles. The predicted molar refractivity (Wildman–Crippen MR) is 82.6 cm³/mol. The second-order valence-electron chi connectivity index (χ2n) is 4.99. The van der Waals surface area contributed by atoms with E-state index in [1.165, 1.54) is 0 Å². The Hall–Kier alpha value is -2.75. The SMILES string of the molecule is Nc1ccnc2ccc(-c3ccc4c(c3)OCCO4)cc12. The molecular weight excluding hydrogens is 264 g/mol. The molecule has 1 aliphatic heterocycles. The van der Waals surface area contributed by atoms with Gasteiger partial charge in [0.15, 0.2) is 11.5 Å². The van der Waals surface area contributed by atoms with E-state index in [4.69, 9.17) is 15.2 Å². The number of aromatic nitrogens is 1. The number of ether oxygens (including phenoxy) is 2. The number of pyridine rings is 1. The monoisotopic (exact) mass is 278 g/mol. The highest BCUT2D eigenvalue weighted by molar-refractivity contribution is 5.93. The molecule has 4 rings (SSSR count). The number of rotatable bonds is 1. The first-order valence-electron chi connectivity index (χ1n) is 6.85. The molecule has 0 spiro atoms. The van der Waals surface area contributed by atoms with Crippen molar-refractivity contribution < 1.29 is 9.47 Å². The Morgan fingerprint density at radius 3 is 2.52 bits per heavy atom. The van der Waals surface area contributed by atoms with Crippen LogP contribution in [0.2, 0.25) is 0 Å².